The highest BCUT2D eigenvalue weighted by Crippen LogP contribution is 2.19. The molecule has 2 rings (SSSR count). The molecule has 0 unspecified atom stereocenters. The molecule has 3 nitrogen and oxygen atoms in total. The van der Waals surface area contributed by atoms with Gasteiger partial charge >= 0.3 is 0 Å². The first-order chi connectivity index (χ1) is 7.27. The Morgan fingerprint density at radius 3 is 2.80 bits per heavy atom. The van der Waals surface area contributed by atoms with Crippen molar-refractivity contribution in [1.29, 1.82) is 0 Å². The molecule has 1 aromatic carbocycles. The predicted octanol–water partition coefficient (Wildman–Crippen LogP) is 2.33. The van der Waals surface area contributed by atoms with Gasteiger partial charge in [-0.1, -0.05) is 18.2 Å². The highest BCUT2D eigenvalue weighted by Gasteiger charge is 2.11. The second kappa shape index (κ2) is 3.87. The summed E-state index contributed by atoms with van der Waals surface area (Å²) in [5.74, 6) is -0.335. The number of aldehydes is 1. The molecule has 1 heterocycles. The number of fused-ring (bicyclic) bond motifs is 1. The maximum Gasteiger partial charge on any atom is 0.246 e. The van der Waals surface area contributed by atoms with Crippen LogP contribution >= 0.6 is 11.6 Å². The Balaban J connectivity index is 2.75. The summed E-state index contributed by atoms with van der Waals surface area (Å²) in [4.78, 5) is 22.3. The van der Waals surface area contributed by atoms with Crippen LogP contribution in [0.15, 0.2) is 30.5 Å². The Labute approximate surface area is 91.3 Å². The molecule has 0 aliphatic carbocycles. The molecule has 0 atom stereocenters. The molecule has 15 heavy (non-hydrogen) atoms. The number of alkyl halides is 1. The normalized spacial score (nSPS) is 10.5. The van der Waals surface area contributed by atoms with Crippen LogP contribution in [0.5, 0.6) is 0 Å². The first-order valence-electron chi connectivity index (χ1n) is 4.42. The van der Waals surface area contributed by atoms with Gasteiger partial charge in [0.25, 0.3) is 0 Å². The van der Waals surface area contributed by atoms with Crippen molar-refractivity contribution in [2.24, 2.45) is 0 Å². The van der Waals surface area contributed by atoms with Crippen LogP contribution in [0, 0.1) is 0 Å². The molecule has 0 aliphatic rings. The van der Waals surface area contributed by atoms with E-state index in [1.165, 1.54) is 10.8 Å². The largest absolute Gasteiger partial charge is 0.298 e. The molecular weight excluding hydrogens is 214 g/mol. The maximum atomic E-state index is 11.5. The molecule has 0 spiro atoms. The summed E-state index contributed by atoms with van der Waals surface area (Å²) < 4.78 is 1.41. The van der Waals surface area contributed by atoms with Gasteiger partial charge < -0.3 is 0 Å². The zero-order chi connectivity index (χ0) is 10.8. The average molecular weight is 222 g/mol. The summed E-state index contributed by atoms with van der Waals surface area (Å²) >= 11 is 5.48. The van der Waals surface area contributed by atoms with Gasteiger partial charge in [-0.05, 0) is 6.07 Å². The van der Waals surface area contributed by atoms with E-state index in [9.17, 15) is 9.59 Å². The molecule has 0 radical (unpaired) electrons. The Morgan fingerprint density at radius 1 is 1.40 bits per heavy atom. The fourth-order valence-corrected chi connectivity index (χ4v) is 1.70. The van der Waals surface area contributed by atoms with Crippen molar-refractivity contribution in [1.82, 2.24) is 4.57 Å². The van der Waals surface area contributed by atoms with Crippen molar-refractivity contribution < 1.29 is 9.59 Å². The maximum absolute atomic E-state index is 11.5. The topological polar surface area (TPSA) is 39.1 Å². The number of rotatable bonds is 2. The van der Waals surface area contributed by atoms with Gasteiger partial charge in [-0.15, -0.1) is 11.6 Å². The first-order valence-corrected chi connectivity index (χ1v) is 4.96. The first kappa shape index (κ1) is 9.93. The van der Waals surface area contributed by atoms with E-state index in [0.717, 1.165) is 11.7 Å². The minimum Gasteiger partial charge on any atom is -0.298 e. The minimum atomic E-state index is -0.235. The molecule has 0 N–H and O–H groups in total. The lowest BCUT2D eigenvalue weighted by atomic mass is 10.2. The number of aromatic nitrogens is 1. The summed E-state index contributed by atoms with van der Waals surface area (Å²) in [5.41, 5.74) is 1.22. The SMILES string of the molecule is O=Cc1cn(C(=O)CCl)c2ccccc12. The van der Waals surface area contributed by atoms with Gasteiger partial charge in [-0.25, -0.2) is 0 Å². The number of carbonyl (C=O) groups excluding carboxylic acids is 2. The van der Waals surface area contributed by atoms with Gasteiger partial charge in [-0.2, -0.15) is 0 Å². The van der Waals surface area contributed by atoms with Crippen molar-refractivity contribution in [3.05, 3.63) is 36.0 Å². The smallest absolute Gasteiger partial charge is 0.246 e. The number of hydrogen-bond acceptors (Lipinski definition) is 2. The zero-order valence-electron chi connectivity index (χ0n) is 7.81. The van der Waals surface area contributed by atoms with Gasteiger partial charge in [-0.3, -0.25) is 14.2 Å². The lowest BCUT2D eigenvalue weighted by Gasteiger charge is -1.99. The van der Waals surface area contributed by atoms with Crippen LogP contribution in [0.2, 0.25) is 0 Å². The van der Waals surface area contributed by atoms with E-state index in [1.54, 1.807) is 12.1 Å². The molecule has 2 aromatic rings. The van der Waals surface area contributed by atoms with Crippen LogP contribution in [-0.4, -0.2) is 22.6 Å². The molecule has 76 valence electrons. The monoisotopic (exact) mass is 221 g/mol. The number of hydrogen-bond donors (Lipinski definition) is 0. The fourth-order valence-electron chi connectivity index (χ4n) is 1.57. The van der Waals surface area contributed by atoms with E-state index < -0.39 is 0 Å². The zero-order valence-corrected chi connectivity index (χ0v) is 8.57. The summed E-state index contributed by atoms with van der Waals surface area (Å²) in [7, 11) is 0. The van der Waals surface area contributed by atoms with Gasteiger partial charge in [0.15, 0.2) is 6.29 Å². The molecule has 0 saturated heterocycles. The van der Waals surface area contributed by atoms with E-state index in [-0.39, 0.29) is 11.8 Å². The highest BCUT2D eigenvalue weighted by molar-refractivity contribution is 6.28. The van der Waals surface area contributed by atoms with Crippen molar-refractivity contribution in [3.63, 3.8) is 0 Å². The van der Waals surface area contributed by atoms with Gasteiger partial charge in [0.2, 0.25) is 5.91 Å². The van der Waals surface area contributed by atoms with Crippen LogP contribution in [0.25, 0.3) is 10.9 Å². The summed E-state index contributed by atoms with van der Waals surface area (Å²) in [6, 6.07) is 7.23. The number of halogens is 1. The van der Waals surface area contributed by atoms with Crippen molar-refractivity contribution >= 4 is 34.7 Å². The van der Waals surface area contributed by atoms with E-state index in [1.807, 2.05) is 12.1 Å². The van der Waals surface area contributed by atoms with Crippen LogP contribution in [0.4, 0.5) is 0 Å². The molecular formula is C11H8ClNO2. The van der Waals surface area contributed by atoms with E-state index in [2.05, 4.69) is 0 Å². The third kappa shape index (κ3) is 1.55. The lowest BCUT2D eigenvalue weighted by Crippen LogP contribution is -2.10. The standard InChI is InChI=1S/C11H8ClNO2/c12-5-11(15)13-6-8(7-14)9-3-1-2-4-10(9)13/h1-4,6-7H,5H2. The van der Waals surface area contributed by atoms with Crippen molar-refractivity contribution in [2.75, 3.05) is 5.88 Å². The molecule has 0 bridgehead atoms. The number of nitrogens with zero attached hydrogens (tertiary/aromatic N) is 1. The van der Waals surface area contributed by atoms with Gasteiger partial charge in [0, 0.05) is 17.1 Å². The number of carbonyl (C=O) groups is 2. The minimum absolute atomic E-state index is 0.100. The third-order valence-corrected chi connectivity index (χ3v) is 2.48. The predicted molar refractivity (Wildman–Crippen MR) is 58.7 cm³/mol. The van der Waals surface area contributed by atoms with E-state index in [4.69, 9.17) is 11.6 Å². The molecule has 0 aliphatic heterocycles. The third-order valence-electron chi connectivity index (χ3n) is 2.25. The van der Waals surface area contributed by atoms with Gasteiger partial charge in [0.05, 0.1) is 5.52 Å². The van der Waals surface area contributed by atoms with Gasteiger partial charge in [0.1, 0.15) is 5.88 Å². The highest BCUT2D eigenvalue weighted by atomic mass is 35.5. The second-order valence-electron chi connectivity index (χ2n) is 3.12. The van der Waals surface area contributed by atoms with E-state index >= 15 is 0 Å². The molecule has 0 amide bonds. The van der Waals surface area contributed by atoms with Crippen LogP contribution in [0.1, 0.15) is 15.2 Å². The molecule has 0 fully saturated rings. The Hall–Kier alpha value is -1.61. The fraction of sp³-hybridized carbons (Fsp3) is 0.0909. The Bertz CT molecular complexity index is 530. The molecule has 0 saturated carbocycles. The summed E-state index contributed by atoms with van der Waals surface area (Å²) in [6.07, 6.45) is 2.25. The quantitative estimate of drug-likeness (QED) is 0.577. The van der Waals surface area contributed by atoms with Crippen LogP contribution in [0.3, 0.4) is 0 Å². The average Bonchev–Trinajstić information content (AvgIpc) is 2.67. The van der Waals surface area contributed by atoms with E-state index in [0.29, 0.717) is 11.1 Å². The number of benzene rings is 1. The van der Waals surface area contributed by atoms with Crippen LogP contribution in [-0.2, 0) is 0 Å². The Kier molecular flexibility index (Phi) is 2.56. The van der Waals surface area contributed by atoms with Crippen molar-refractivity contribution in [3.8, 4) is 0 Å². The van der Waals surface area contributed by atoms with Crippen LogP contribution < -0.4 is 0 Å². The summed E-state index contributed by atoms with van der Waals surface area (Å²) in [5, 5.41) is 0.769. The Morgan fingerprint density at radius 2 is 2.13 bits per heavy atom. The molecule has 4 heteroatoms. The second-order valence-corrected chi connectivity index (χ2v) is 3.38. The number of para-hydroxylation sites is 1. The lowest BCUT2D eigenvalue weighted by molar-refractivity contribution is 0.0945. The van der Waals surface area contributed by atoms with Crippen molar-refractivity contribution in [2.45, 2.75) is 0 Å². The summed E-state index contributed by atoms with van der Waals surface area (Å²) in [6.45, 7) is 0. The molecule has 1 aromatic heterocycles.